The van der Waals surface area contributed by atoms with Gasteiger partial charge in [-0.2, -0.15) is 13.2 Å². The Balaban J connectivity index is 2.53. The molecule has 0 aromatic heterocycles. The predicted molar refractivity (Wildman–Crippen MR) is 62.2 cm³/mol. The molecule has 1 nitrogen and oxygen atoms in total. The van der Waals surface area contributed by atoms with Crippen LogP contribution in [-0.2, 0) is 6.18 Å². The molecule has 0 atom stereocenters. The third-order valence-electron chi connectivity index (χ3n) is 2.66. The van der Waals surface area contributed by atoms with Crippen molar-refractivity contribution in [2.45, 2.75) is 6.18 Å². The van der Waals surface area contributed by atoms with E-state index >= 15 is 0 Å². The number of halogens is 4. The Morgan fingerprint density at radius 2 is 1.58 bits per heavy atom. The third kappa shape index (κ3) is 2.65. The van der Waals surface area contributed by atoms with E-state index in [1.807, 2.05) is 0 Å². The molecule has 0 heterocycles. The highest BCUT2D eigenvalue weighted by Gasteiger charge is 2.34. The molecule has 0 radical (unpaired) electrons. The summed E-state index contributed by atoms with van der Waals surface area (Å²) in [5, 5.41) is 0. The lowest BCUT2D eigenvalue weighted by atomic mass is 10.0. The fourth-order valence-corrected chi connectivity index (χ4v) is 1.72. The molecule has 2 aromatic carbocycles. The number of aldehydes is 1. The van der Waals surface area contributed by atoms with Gasteiger partial charge < -0.3 is 0 Å². The van der Waals surface area contributed by atoms with Gasteiger partial charge in [-0.1, -0.05) is 36.4 Å². The number of hydrogen-bond donors (Lipinski definition) is 0. The molecular weight excluding hydrogens is 260 g/mol. The molecule has 5 heteroatoms. The van der Waals surface area contributed by atoms with E-state index in [0.717, 1.165) is 6.07 Å². The molecule has 2 aromatic rings. The average Bonchev–Trinajstić information content (AvgIpc) is 2.38. The summed E-state index contributed by atoms with van der Waals surface area (Å²) in [5.41, 5.74) is -0.790. The normalized spacial score (nSPS) is 11.4. The van der Waals surface area contributed by atoms with Gasteiger partial charge in [-0.3, -0.25) is 4.79 Å². The molecule has 0 saturated heterocycles. The Morgan fingerprint density at radius 3 is 2.11 bits per heavy atom. The minimum Gasteiger partial charge on any atom is -0.298 e. The van der Waals surface area contributed by atoms with Crippen LogP contribution in [0.15, 0.2) is 42.5 Å². The first kappa shape index (κ1) is 13.3. The summed E-state index contributed by atoms with van der Waals surface area (Å²) in [6, 6.07) is 8.75. The maximum Gasteiger partial charge on any atom is 0.419 e. The largest absolute Gasteiger partial charge is 0.419 e. The minimum atomic E-state index is -4.73. The Morgan fingerprint density at radius 1 is 0.947 bits per heavy atom. The van der Waals surface area contributed by atoms with Gasteiger partial charge in [0.25, 0.3) is 0 Å². The zero-order valence-electron chi connectivity index (χ0n) is 9.54. The number of rotatable bonds is 2. The van der Waals surface area contributed by atoms with Gasteiger partial charge in [0, 0.05) is 11.1 Å². The van der Waals surface area contributed by atoms with Gasteiger partial charge in [0.05, 0.1) is 5.56 Å². The fourth-order valence-electron chi connectivity index (χ4n) is 1.72. The van der Waals surface area contributed by atoms with Crippen molar-refractivity contribution in [3.05, 3.63) is 59.4 Å². The summed E-state index contributed by atoms with van der Waals surface area (Å²) in [6.07, 6.45) is -4.13. The molecule has 0 aliphatic rings. The number of benzene rings is 2. The molecule has 0 bridgehead atoms. The Kier molecular flexibility index (Phi) is 3.38. The Bertz CT molecular complexity index is 600. The van der Waals surface area contributed by atoms with Gasteiger partial charge in [-0.25, -0.2) is 4.39 Å². The lowest BCUT2D eigenvalue weighted by Crippen LogP contribution is -2.08. The van der Waals surface area contributed by atoms with Gasteiger partial charge in [0.15, 0.2) is 0 Å². The number of alkyl halides is 3. The second kappa shape index (κ2) is 4.84. The Hall–Kier alpha value is -2.17. The van der Waals surface area contributed by atoms with Crippen LogP contribution in [0.1, 0.15) is 15.9 Å². The van der Waals surface area contributed by atoms with Gasteiger partial charge in [0.1, 0.15) is 12.1 Å². The zero-order valence-corrected chi connectivity index (χ0v) is 9.54. The van der Waals surface area contributed by atoms with Gasteiger partial charge >= 0.3 is 6.18 Å². The summed E-state index contributed by atoms with van der Waals surface area (Å²) in [6.45, 7) is 0. The van der Waals surface area contributed by atoms with Crippen molar-refractivity contribution in [3.63, 3.8) is 0 Å². The molecule has 0 aliphatic carbocycles. The van der Waals surface area contributed by atoms with Crippen LogP contribution < -0.4 is 0 Å². The highest BCUT2D eigenvalue weighted by molar-refractivity contribution is 5.77. The van der Waals surface area contributed by atoms with E-state index < -0.39 is 17.6 Å². The number of carbonyl (C=O) groups excluding carboxylic acids is 1. The van der Waals surface area contributed by atoms with Crippen LogP contribution in [0, 0.1) is 5.82 Å². The van der Waals surface area contributed by atoms with Crippen LogP contribution in [0.5, 0.6) is 0 Å². The van der Waals surface area contributed by atoms with E-state index in [1.165, 1.54) is 30.3 Å². The van der Waals surface area contributed by atoms with Crippen molar-refractivity contribution in [1.82, 2.24) is 0 Å². The quantitative estimate of drug-likeness (QED) is 0.585. The third-order valence-corrected chi connectivity index (χ3v) is 2.66. The van der Waals surface area contributed by atoms with Gasteiger partial charge in [-0.15, -0.1) is 0 Å². The van der Waals surface area contributed by atoms with Crippen molar-refractivity contribution in [2.75, 3.05) is 0 Å². The van der Waals surface area contributed by atoms with Crippen LogP contribution in [0.25, 0.3) is 11.1 Å². The second-order valence-corrected chi connectivity index (χ2v) is 3.90. The molecule has 0 spiro atoms. The van der Waals surface area contributed by atoms with Crippen LogP contribution in [-0.4, -0.2) is 6.29 Å². The maximum absolute atomic E-state index is 13.8. The Labute approximate surface area is 106 Å². The summed E-state index contributed by atoms with van der Waals surface area (Å²) < 4.78 is 51.6. The van der Waals surface area contributed by atoms with Gasteiger partial charge in [0.2, 0.25) is 0 Å². The predicted octanol–water partition coefficient (Wildman–Crippen LogP) is 4.32. The highest BCUT2D eigenvalue weighted by Crippen LogP contribution is 2.35. The van der Waals surface area contributed by atoms with Crippen LogP contribution in [0.3, 0.4) is 0 Å². The molecule has 0 fully saturated rings. The smallest absolute Gasteiger partial charge is 0.298 e. The van der Waals surface area contributed by atoms with E-state index in [2.05, 4.69) is 0 Å². The van der Waals surface area contributed by atoms with Crippen molar-refractivity contribution in [1.29, 1.82) is 0 Å². The number of hydrogen-bond acceptors (Lipinski definition) is 1. The first-order chi connectivity index (χ1) is 8.93. The van der Waals surface area contributed by atoms with Crippen molar-refractivity contribution in [3.8, 4) is 11.1 Å². The summed E-state index contributed by atoms with van der Waals surface area (Å²) >= 11 is 0. The minimum absolute atomic E-state index is 0.146. The second-order valence-electron chi connectivity index (χ2n) is 3.90. The standard InChI is InChI=1S/C14H8F4O/c15-13-11(2-1-3-12(13)14(16,17)18)10-6-4-9(8-19)5-7-10/h1-8H. The van der Waals surface area contributed by atoms with E-state index in [1.54, 1.807) is 0 Å². The van der Waals surface area contributed by atoms with E-state index in [9.17, 15) is 22.4 Å². The van der Waals surface area contributed by atoms with Gasteiger partial charge in [-0.05, 0) is 11.6 Å². The fraction of sp³-hybridized carbons (Fsp3) is 0.0714. The van der Waals surface area contributed by atoms with Crippen molar-refractivity contribution in [2.24, 2.45) is 0 Å². The zero-order chi connectivity index (χ0) is 14.0. The van der Waals surface area contributed by atoms with Crippen LogP contribution in [0.4, 0.5) is 17.6 Å². The van der Waals surface area contributed by atoms with Crippen LogP contribution >= 0.6 is 0 Å². The monoisotopic (exact) mass is 268 g/mol. The molecule has 0 unspecified atom stereocenters. The SMILES string of the molecule is O=Cc1ccc(-c2cccc(C(F)(F)F)c2F)cc1. The van der Waals surface area contributed by atoms with Crippen molar-refractivity contribution < 1.29 is 22.4 Å². The highest BCUT2D eigenvalue weighted by atomic mass is 19.4. The first-order valence-electron chi connectivity index (χ1n) is 5.35. The molecule has 0 N–H and O–H groups in total. The molecule has 0 aliphatic heterocycles. The van der Waals surface area contributed by atoms with E-state index in [4.69, 9.17) is 0 Å². The molecule has 19 heavy (non-hydrogen) atoms. The lowest BCUT2D eigenvalue weighted by molar-refractivity contribution is -0.139. The summed E-state index contributed by atoms with van der Waals surface area (Å²) in [7, 11) is 0. The molecule has 98 valence electrons. The topological polar surface area (TPSA) is 17.1 Å². The number of carbonyl (C=O) groups is 1. The summed E-state index contributed by atoms with van der Waals surface area (Å²) in [4.78, 5) is 10.5. The first-order valence-corrected chi connectivity index (χ1v) is 5.35. The maximum atomic E-state index is 13.8. The molecular formula is C14H8F4O. The van der Waals surface area contributed by atoms with Crippen molar-refractivity contribution >= 4 is 6.29 Å². The molecule has 0 saturated carbocycles. The van der Waals surface area contributed by atoms with E-state index in [-0.39, 0.29) is 11.1 Å². The summed E-state index contributed by atoms with van der Waals surface area (Å²) in [5.74, 6) is -1.31. The van der Waals surface area contributed by atoms with E-state index in [0.29, 0.717) is 17.9 Å². The molecule has 0 amide bonds. The lowest BCUT2D eigenvalue weighted by Gasteiger charge is -2.11. The molecule has 2 rings (SSSR count). The average molecular weight is 268 g/mol. The van der Waals surface area contributed by atoms with Crippen LogP contribution in [0.2, 0.25) is 0 Å².